The molecule has 0 aliphatic heterocycles. The lowest BCUT2D eigenvalue weighted by atomic mass is 10.1. The highest BCUT2D eigenvalue weighted by atomic mass is 16.5. The second kappa shape index (κ2) is 5.85. The van der Waals surface area contributed by atoms with Crippen molar-refractivity contribution in [2.75, 3.05) is 18.5 Å². The van der Waals surface area contributed by atoms with Crippen LogP contribution in [0.4, 0.5) is 5.82 Å². The summed E-state index contributed by atoms with van der Waals surface area (Å²) in [4.78, 5) is 15.4. The van der Waals surface area contributed by atoms with Crippen molar-refractivity contribution in [1.29, 1.82) is 5.26 Å². The van der Waals surface area contributed by atoms with Gasteiger partial charge < -0.3 is 10.1 Å². The molecular formula is C12H15N3O2. The lowest BCUT2D eigenvalue weighted by Gasteiger charge is -2.09. The van der Waals surface area contributed by atoms with Gasteiger partial charge in [-0.15, -0.1) is 0 Å². The zero-order valence-electron chi connectivity index (χ0n) is 10.2. The third-order valence-corrected chi connectivity index (χ3v) is 2.16. The van der Waals surface area contributed by atoms with Crippen LogP contribution in [0.1, 0.15) is 23.7 Å². The second-order valence-electron chi connectivity index (χ2n) is 3.57. The minimum Gasteiger partial charge on any atom is -0.465 e. The largest absolute Gasteiger partial charge is 0.465 e. The Kier molecular flexibility index (Phi) is 4.46. The zero-order valence-corrected chi connectivity index (χ0v) is 10.2. The van der Waals surface area contributed by atoms with Gasteiger partial charge in [-0.05, 0) is 32.4 Å². The van der Waals surface area contributed by atoms with Crippen LogP contribution in [0.2, 0.25) is 0 Å². The fourth-order valence-electron chi connectivity index (χ4n) is 1.47. The van der Waals surface area contributed by atoms with Crippen LogP contribution in [0.3, 0.4) is 0 Å². The van der Waals surface area contributed by atoms with Crippen molar-refractivity contribution >= 4 is 11.8 Å². The summed E-state index contributed by atoms with van der Waals surface area (Å²) < 4.78 is 4.79. The monoisotopic (exact) mass is 233 g/mol. The SMILES string of the molecule is CCOC(=O)CNc1nc(C)cc(C)c1C#N. The summed E-state index contributed by atoms with van der Waals surface area (Å²) in [5, 5.41) is 11.8. The predicted octanol–water partition coefficient (Wildman–Crippen LogP) is 1.55. The van der Waals surface area contributed by atoms with Gasteiger partial charge in [0.1, 0.15) is 18.4 Å². The van der Waals surface area contributed by atoms with Gasteiger partial charge in [0.15, 0.2) is 0 Å². The van der Waals surface area contributed by atoms with E-state index in [4.69, 9.17) is 10.00 Å². The highest BCUT2D eigenvalue weighted by Crippen LogP contribution is 2.17. The van der Waals surface area contributed by atoms with E-state index in [0.29, 0.717) is 18.0 Å². The molecule has 0 saturated heterocycles. The van der Waals surface area contributed by atoms with Crippen molar-refractivity contribution < 1.29 is 9.53 Å². The molecule has 1 aromatic heterocycles. The normalized spacial score (nSPS) is 9.53. The first-order valence-electron chi connectivity index (χ1n) is 5.36. The average Bonchev–Trinajstić information content (AvgIpc) is 2.26. The number of pyridine rings is 1. The molecule has 0 bridgehead atoms. The van der Waals surface area contributed by atoms with E-state index >= 15 is 0 Å². The van der Waals surface area contributed by atoms with Crippen LogP contribution in [0.5, 0.6) is 0 Å². The molecule has 0 unspecified atom stereocenters. The Morgan fingerprint density at radius 3 is 2.88 bits per heavy atom. The molecule has 5 nitrogen and oxygen atoms in total. The number of ether oxygens (including phenoxy) is 1. The fraction of sp³-hybridized carbons (Fsp3) is 0.417. The summed E-state index contributed by atoms with van der Waals surface area (Å²) in [5.74, 6) is 0.0652. The van der Waals surface area contributed by atoms with E-state index in [1.807, 2.05) is 19.9 Å². The third kappa shape index (κ3) is 3.45. The van der Waals surface area contributed by atoms with Crippen LogP contribution in [-0.2, 0) is 9.53 Å². The Bertz CT molecular complexity index is 464. The fourth-order valence-corrected chi connectivity index (χ4v) is 1.47. The van der Waals surface area contributed by atoms with Gasteiger partial charge in [-0.3, -0.25) is 4.79 Å². The molecule has 1 heterocycles. The minimum absolute atomic E-state index is 0.0123. The second-order valence-corrected chi connectivity index (χ2v) is 3.57. The van der Waals surface area contributed by atoms with E-state index in [1.54, 1.807) is 6.92 Å². The lowest BCUT2D eigenvalue weighted by Crippen LogP contribution is -2.18. The highest BCUT2D eigenvalue weighted by Gasteiger charge is 2.09. The first kappa shape index (κ1) is 13.0. The maximum Gasteiger partial charge on any atom is 0.325 e. The van der Waals surface area contributed by atoms with Crippen LogP contribution in [0, 0.1) is 25.2 Å². The summed E-state index contributed by atoms with van der Waals surface area (Å²) in [6.07, 6.45) is 0. The van der Waals surface area contributed by atoms with Crippen molar-refractivity contribution in [3.8, 4) is 6.07 Å². The average molecular weight is 233 g/mol. The number of hydrogen-bond donors (Lipinski definition) is 1. The molecule has 0 aliphatic carbocycles. The molecule has 1 rings (SSSR count). The Balaban J connectivity index is 2.84. The number of carbonyl (C=O) groups is 1. The molecular weight excluding hydrogens is 218 g/mol. The van der Waals surface area contributed by atoms with Crippen molar-refractivity contribution in [3.63, 3.8) is 0 Å². The number of nitriles is 1. The Hall–Kier alpha value is -2.09. The minimum atomic E-state index is -0.364. The number of hydrogen-bond acceptors (Lipinski definition) is 5. The van der Waals surface area contributed by atoms with E-state index in [-0.39, 0.29) is 12.5 Å². The smallest absolute Gasteiger partial charge is 0.325 e. The summed E-state index contributed by atoms with van der Waals surface area (Å²) >= 11 is 0. The molecule has 1 N–H and O–H groups in total. The van der Waals surface area contributed by atoms with Gasteiger partial charge in [0.25, 0.3) is 0 Å². The Morgan fingerprint density at radius 1 is 1.59 bits per heavy atom. The van der Waals surface area contributed by atoms with Gasteiger partial charge in [0.05, 0.1) is 12.2 Å². The van der Waals surface area contributed by atoms with Gasteiger partial charge >= 0.3 is 5.97 Å². The van der Waals surface area contributed by atoms with E-state index in [0.717, 1.165) is 11.3 Å². The van der Waals surface area contributed by atoms with Crippen LogP contribution in [0.25, 0.3) is 0 Å². The number of nitrogens with zero attached hydrogens (tertiary/aromatic N) is 2. The lowest BCUT2D eigenvalue weighted by molar-refractivity contribution is -0.140. The molecule has 0 amide bonds. The third-order valence-electron chi connectivity index (χ3n) is 2.16. The number of carbonyl (C=O) groups excluding carboxylic acids is 1. The van der Waals surface area contributed by atoms with Gasteiger partial charge in [-0.2, -0.15) is 5.26 Å². The van der Waals surface area contributed by atoms with Gasteiger partial charge in [-0.25, -0.2) is 4.98 Å². The van der Waals surface area contributed by atoms with Crippen molar-refractivity contribution in [2.45, 2.75) is 20.8 Å². The molecule has 0 spiro atoms. The van der Waals surface area contributed by atoms with E-state index in [2.05, 4.69) is 16.4 Å². The Morgan fingerprint density at radius 2 is 2.29 bits per heavy atom. The first-order chi connectivity index (χ1) is 8.08. The van der Waals surface area contributed by atoms with Gasteiger partial charge in [0.2, 0.25) is 0 Å². The van der Waals surface area contributed by atoms with Crippen LogP contribution in [-0.4, -0.2) is 24.1 Å². The molecule has 5 heteroatoms. The zero-order chi connectivity index (χ0) is 12.8. The van der Waals surface area contributed by atoms with Gasteiger partial charge in [-0.1, -0.05) is 0 Å². The molecule has 0 saturated carbocycles. The van der Waals surface area contributed by atoms with E-state index in [9.17, 15) is 4.79 Å². The summed E-state index contributed by atoms with van der Waals surface area (Å²) in [6, 6.07) is 3.90. The Labute approximate surface area is 100 Å². The van der Waals surface area contributed by atoms with Crippen molar-refractivity contribution in [1.82, 2.24) is 4.98 Å². The highest BCUT2D eigenvalue weighted by molar-refractivity contribution is 5.75. The number of nitrogens with one attached hydrogen (secondary N) is 1. The van der Waals surface area contributed by atoms with E-state index in [1.165, 1.54) is 0 Å². The summed E-state index contributed by atoms with van der Waals surface area (Å²) in [5.41, 5.74) is 2.10. The van der Waals surface area contributed by atoms with Crippen LogP contribution < -0.4 is 5.32 Å². The van der Waals surface area contributed by atoms with Crippen LogP contribution in [0.15, 0.2) is 6.07 Å². The number of anilines is 1. The summed E-state index contributed by atoms with van der Waals surface area (Å²) in [7, 11) is 0. The standard InChI is InChI=1S/C12H15N3O2/c1-4-17-11(16)7-14-12-10(6-13)8(2)5-9(3)15-12/h5H,4,7H2,1-3H3,(H,14,15). The maximum atomic E-state index is 11.2. The summed E-state index contributed by atoms with van der Waals surface area (Å²) in [6.45, 7) is 5.77. The number of esters is 1. The number of aryl methyl sites for hydroxylation is 2. The first-order valence-corrected chi connectivity index (χ1v) is 5.36. The van der Waals surface area contributed by atoms with Crippen molar-refractivity contribution in [2.24, 2.45) is 0 Å². The van der Waals surface area contributed by atoms with Gasteiger partial charge in [0, 0.05) is 5.69 Å². The van der Waals surface area contributed by atoms with Crippen molar-refractivity contribution in [3.05, 3.63) is 22.9 Å². The number of rotatable bonds is 4. The molecule has 0 atom stereocenters. The van der Waals surface area contributed by atoms with Crippen LogP contribution >= 0.6 is 0 Å². The molecule has 0 aromatic carbocycles. The maximum absolute atomic E-state index is 11.2. The topological polar surface area (TPSA) is 75.0 Å². The predicted molar refractivity (Wildman–Crippen MR) is 63.5 cm³/mol. The molecule has 0 fully saturated rings. The molecule has 0 aliphatic rings. The molecule has 0 radical (unpaired) electrons. The van der Waals surface area contributed by atoms with E-state index < -0.39 is 0 Å². The molecule has 90 valence electrons. The number of aromatic nitrogens is 1. The quantitative estimate of drug-likeness (QED) is 0.798. The molecule has 17 heavy (non-hydrogen) atoms. The molecule has 1 aromatic rings.